The van der Waals surface area contributed by atoms with E-state index in [4.69, 9.17) is 0 Å². The van der Waals surface area contributed by atoms with Gasteiger partial charge in [0.1, 0.15) is 7.05 Å². The van der Waals surface area contributed by atoms with E-state index in [-0.39, 0.29) is 5.41 Å². The van der Waals surface area contributed by atoms with E-state index in [0.29, 0.717) is 0 Å². The summed E-state index contributed by atoms with van der Waals surface area (Å²) in [5.41, 5.74) is 5.07. The molecule has 3 aromatic rings. The zero-order valence-electron chi connectivity index (χ0n) is 15.0. The molecule has 3 aromatic carbocycles. The number of nitrogens with zero attached hydrogens (tertiary/aromatic N) is 1. The van der Waals surface area contributed by atoms with Gasteiger partial charge in [0, 0.05) is 23.5 Å². The summed E-state index contributed by atoms with van der Waals surface area (Å²) in [6.07, 6.45) is 4.23. The normalized spacial score (nSPS) is 15.8. The number of hydrogen-bond donors (Lipinski definition) is 1. The van der Waals surface area contributed by atoms with Gasteiger partial charge >= 0.3 is 0 Å². The fraction of sp³-hybridized carbons (Fsp3) is 0.174. The van der Waals surface area contributed by atoms with Crippen LogP contribution in [0.25, 0.3) is 10.8 Å². The first-order chi connectivity index (χ1) is 12.1. The molecular formula is C23H23N2+. The van der Waals surface area contributed by atoms with Crippen molar-refractivity contribution in [3.63, 3.8) is 0 Å². The first-order valence-electron chi connectivity index (χ1n) is 8.70. The van der Waals surface area contributed by atoms with Crippen molar-refractivity contribution in [2.45, 2.75) is 19.3 Å². The Labute approximate surface area is 149 Å². The highest BCUT2D eigenvalue weighted by atomic mass is 15.0. The SMILES string of the molecule is C[N+]1=C(C=CNc2ccccc2)C(C)(C)c2ccc3ccccc3c21. The minimum atomic E-state index is -0.0248. The van der Waals surface area contributed by atoms with Crippen LogP contribution in [0.2, 0.25) is 0 Å². The lowest BCUT2D eigenvalue weighted by Crippen LogP contribution is -2.26. The van der Waals surface area contributed by atoms with Gasteiger partial charge in [-0.2, -0.15) is 4.58 Å². The van der Waals surface area contributed by atoms with E-state index < -0.39 is 0 Å². The van der Waals surface area contributed by atoms with Gasteiger partial charge in [0.25, 0.3) is 0 Å². The molecule has 0 atom stereocenters. The second-order valence-corrected chi connectivity index (χ2v) is 7.10. The minimum absolute atomic E-state index is 0.0248. The highest BCUT2D eigenvalue weighted by Gasteiger charge is 2.43. The maximum absolute atomic E-state index is 3.37. The first kappa shape index (κ1) is 15.6. The van der Waals surface area contributed by atoms with Crippen LogP contribution in [0.15, 0.2) is 79.0 Å². The number of benzene rings is 3. The molecule has 25 heavy (non-hydrogen) atoms. The summed E-state index contributed by atoms with van der Waals surface area (Å²) in [5.74, 6) is 0. The quantitative estimate of drug-likeness (QED) is 0.630. The number of rotatable bonds is 3. The fourth-order valence-electron chi connectivity index (χ4n) is 3.87. The fourth-order valence-corrected chi connectivity index (χ4v) is 3.87. The van der Waals surface area contributed by atoms with E-state index in [2.05, 4.69) is 85.4 Å². The first-order valence-corrected chi connectivity index (χ1v) is 8.70. The molecular weight excluding hydrogens is 304 g/mol. The highest BCUT2D eigenvalue weighted by Crippen LogP contribution is 2.43. The monoisotopic (exact) mass is 327 g/mol. The maximum atomic E-state index is 3.37. The van der Waals surface area contributed by atoms with Crippen molar-refractivity contribution in [2.75, 3.05) is 12.4 Å². The van der Waals surface area contributed by atoms with Crippen LogP contribution >= 0.6 is 0 Å². The van der Waals surface area contributed by atoms with Gasteiger partial charge in [-0.25, -0.2) is 0 Å². The average Bonchev–Trinajstić information content (AvgIpc) is 2.83. The van der Waals surface area contributed by atoms with E-state index in [1.54, 1.807) is 0 Å². The second kappa shape index (κ2) is 5.89. The number of nitrogens with one attached hydrogen (secondary N) is 1. The van der Waals surface area contributed by atoms with Crippen molar-refractivity contribution < 1.29 is 4.58 Å². The number of hydrogen-bond acceptors (Lipinski definition) is 1. The zero-order chi connectivity index (χ0) is 17.4. The van der Waals surface area contributed by atoms with Crippen LogP contribution in [0.5, 0.6) is 0 Å². The summed E-state index contributed by atoms with van der Waals surface area (Å²) in [6, 6.07) is 23.4. The third-order valence-electron chi connectivity index (χ3n) is 5.18. The van der Waals surface area contributed by atoms with E-state index in [0.717, 1.165) is 5.69 Å². The lowest BCUT2D eigenvalue weighted by atomic mass is 9.81. The summed E-state index contributed by atoms with van der Waals surface area (Å²) < 4.78 is 2.33. The molecule has 0 aliphatic carbocycles. The molecule has 0 fully saturated rings. The van der Waals surface area contributed by atoms with Crippen LogP contribution in [-0.2, 0) is 5.41 Å². The van der Waals surface area contributed by atoms with Crippen LogP contribution in [0.3, 0.4) is 0 Å². The van der Waals surface area contributed by atoms with Crippen molar-refractivity contribution in [3.8, 4) is 0 Å². The van der Waals surface area contributed by atoms with Crippen molar-refractivity contribution in [1.82, 2.24) is 0 Å². The molecule has 0 bridgehead atoms. The molecule has 0 radical (unpaired) electrons. The molecule has 124 valence electrons. The molecule has 2 nitrogen and oxygen atoms in total. The number of allylic oxidation sites excluding steroid dienone is 1. The molecule has 1 heterocycles. The minimum Gasteiger partial charge on any atom is -0.361 e. The van der Waals surface area contributed by atoms with Crippen LogP contribution in [0.1, 0.15) is 19.4 Å². The molecule has 0 aromatic heterocycles. The van der Waals surface area contributed by atoms with Crippen LogP contribution < -0.4 is 5.32 Å². The molecule has 1 aliphatic heterocycles. The van der Waals surface area contributed by atoms with Crippen molar-refractivity contribution in [3.05, 3.63) is 84.6 Å². The lowest BCUT2D eigenvalue weighted by molar-refractivity contribution is -0.399. The van der Waals surface area contributed by atoms with Gasteiger partial charge in [-0.15, -0.1) is 0 Å². The third-order valence-corrected chi connectivity index (χ3v) is 5.18. The van der Waals surface area contributed by atoms with E-state index in [9.17, 15) is 0 Å². The molecule has 0 saturated heterocycles. The van der Waals surface area contributed by atoms with Gasteiger partial charge in [-0.1, -0.05) is 48.5 Å². The average molecular weight is 327 g/mol. The Bertz CT molecular complexity index is 995. The molecule has 2 heteroatoms. The molecule has 1 aliphatic rings. The van der Waals surface area contributed by atoms with Crippen molar-refractivity contribution >= 4 is 27.9 Å². The second-order valence-electron chi connectivity index (χ2n) is 7.10. The Hall–Kier alpha value is -2.87. The summed E-state index contributed by atoms with van der Waals surface area (Å²) in [6.45, 7) is 4.60. The van der Waals surface area contributed by atoms with E-state index in [1.165, 1.54) is 27.7 Å². The number of fused-ring (bicyclic) bond motifs is 3. The predicted octanol–water partition coefficient (Wildman–Crippen LogP) is 5.47. The van der Waals surface area contributed by atoms with Gasteiger partial charge in [0.15, 0.2) is 5.71 Å². The van der Waals surface area contributed by atoms with Crippen LogP contribution in [-0.4, -0.2) is 17.3 Å². The Balaban J connectivity index is 1.77. The topological polar surface area (TPSA) is 15.0 Å². The Morgan fingerprint density at radius 2 is 1.60 bits per heavy atom. The van der Waals surface area contributed by atoms with Crippen LogP contribution in [0, 0.1) is 0 Å². The lowest BCUT2D eigenvalue weighted by Gasteiger charge is -2.15. The number of para-hydroxylation sites is 1. The number of anilines is 1. The van der Waals surface area contributed by atoms with Crippen molar-refractivity contribution in [2.24, 2.45) is 0 Å². The molecule has 0 amide bonds. The van der Waals surface area contributed by atoms with E-state index in [1.807, 2.05) is 24.4 Å². The van der Waals surface area contributed by atoms with Crippen LogP contribution in [0.4, 0.5) is 11.4 Å². The zero-order valence-corrected chi connectivity index (χ0v) is 15.0. The molecule has 0 saturated carbocycles. The molecule has 4 rings (SSSR count). The Morgan fingerprint density at radius 1 is 0.880 bits per heavy atom. The van der Waals surface area contributed by atoms with Gasteiger partial charge < -0.3 is 5.32 Å². The molecule has 1 N–H and O–H groups in total. The molecule has 0 spiro atoms. The van der Waals surface area contributed by atoms with Gasteiger partial charge in [-0.3, -0.25) is 0 Å². The van der Waals surface area contributed by atoms with Gasteiger partial charge in [-0.05, 0) is 37.4 Å². The Morgan fingerprint density at radius 3 is 2.40 bits per heavy atom. The standard InChI is InChI=1S/C23H22N2/c1-23(2)20-14-13-17-9-7-8-12-19(17)22(20)25(3)21(23)15-16-24-18-10-5-4-6-11-18/h4-16H,1-3H3/p+1. The largest absolute Gasteiger partial charge is 0.361 e. The predicted molar refractivity (Wildman–Crippen MR) is 107 cm³/mol. The summed E-state index contributed by atoms with van der Waals surface area (Å²) in [4.78, 5) is 0. The Kier molecular flexibility index (Phi) is 3.69. The van der Waals surface area contributed by atoms with Crippen molar-refractivity contribution in [1.29, 1.82) is 0 Å². The van der Waals surface area contributed by atoms with E-state index >= 15 is 0 Å². The molecule has 0 unspecified atom stereocenters. The smallest absolute Gasteiger partial charge is 0.217 e. The summed E-state index contributed by atoms with van der Waals surface area (Å²) in [5, 5.41) is 5.97. The maximum Gasteiger partial charge on any atom is 0.217 e. The summed E-state index contributed by atoms with van der Waals surface area (Å²) in [7, 11) is 2.17. The highest BCUT2D eigenvalue weighted by molar-refractivity contribution is 6.07. The third kappa shape index (κ3) is 2.54. The van der Waals surface area contributed by atoms with Gasteiger partial charge in [0.05, 0.1) is 10.8 Å². The summed E-state index contributed by atoms with van der Waals surface area (Å²) >= 11 is 0. The van der Waals surface area contributed by atoms with Gasteiger partial charge in [0.2, 0.25) is 5.69 Å².